The summed E-state index contributed by atoms with van der Waals surface area (Å²) < 4.78 is 1.82. The first kappa shape index (κ1) is 9.19. The molecule has 0 aromatic carbocycles. The first-order valence-electron chi connectivity index (χ1n) is 4.99. The van der Waals surface area contributed by atoms with Gasteiger partial charge in [-0.3, -0.25) is 9.48 Å². The third-order valence-electron chi connectivity index (χ3n) is 2.60. The van der Waals surface area contributed by atoms with Crippen LogP contribution < -0.4 is 0 Å². The molecule has 0 saturated carbocycles. The molecule has 1 aliphatic rings. The fourth-order valence-corrected chi connectivity index (χ4v) is 1.84. The molecular formula is C11H14N2O. The van der Waals surface area contributed by atoms with E-state index in [-0.39, 0.29) is 5.78 Å². The van der Waals surface area contributed by atoms with E-state index in [4.69, 9.17) is 0 Å². The largest absolute Gasteiger partial charge is 0.295 e. The van der Waals surface area contributed by atoms with Gasteiger partial charge in [-0.05, 0) is 37.0 Å². The summed E-state index contributed by atoms with van der Waals surface area (Å²) in [6.45, 7) is 0. The SMILES string of the molecule is Cn1nccc1C1=CC(=O)CCCC1. The van der Waals surface area contributed by atoms with E-state index in [9.17, 15) is 4.79 Å². The van der Waals surface area contributed by atoms with E-state index in [0.717, 1.165) is 30.5 Å². The minimum absolute atomic E-state index is 0.249. The van der Waals surface area contributed by atoms with E-state index < -0.39 is 0 Å². The van der Waals surface area contributed by atoms with Gasteiger partial charge in [0.25, 0.3) is 0 Å². The van der Waals surface area contributed by atoms with Crippen molar-refractivity contribution in [2.24, 2.45) is 7.05 Å². The molecular weight excluding hydrogens is 176 g/mol. The zero-order chi connectivity index (χ0) is 9.97. The van der Waals surface area contributed by atoms with Gasteiger partial charge < -0.3 is 0 Å². The lowest BCUT2D eigenvalue weighted by atomic mass is 10.1. The highest BCUT2D eigenvalue weighted by Gasteiger charge is 2.12. The molecule has 0 unspecified atom stereocenters. The maximum absolute atomic E-state index is 11.4. The molecule has 1 aliphatic carbocycles. The van der Waals surface area contributed by atoms with Crippen LogP contribution in [0.2, 0.25) is 0 Å². The average Bonchev–Trinajstić information content (AvgIpc) is 2.45. The molecule has 0 amide bonds. The van der Waals surface area contributed by atoms with Crippen molar-refractivity contribution < 1.29 is 4.79 Å². The molecule has 1 heterocycles. The number of ketones is 1. The van der Waals surface area contributed by atoms with Crippen molar-refractivity contribution in [3.8, 4) is 0 Å². The third kappa shape index (κ3) is 1.76. The van der Waals surface area contributed by atoms with Crippen LogP contribution in [-0.4, -0.2) is 15.6 Å². The highest BCUT2D eigenvalue weighted by molar-refractivity contribution is 5.96. The van der Waals surface area contributed by atoms with Gasteiger partial charge in [-0.1, -0.05) is 0 Å². The summed E-state index contributed by atoms with van der Waals surface area (Å²) in [5.74, 6) is 0.249. The molecule has 0 N–H and O–H groups in total. The van der Waals surface area contributed by atoms with Gasteiger partial charge in [-0.15, -0.1) is 0 Å². The van der Waals surface area contributed by atoms with E-state index in [1.807, 2.05) is 17.8 Å². The Morgan fingerprint density at radius 2 is 2.14 bits per heavy atom. The lowest BCUT2D eigenvalue weighted by Crippen LogP contribution is -1.98. The van der Waals surface area contributed by atoms with Crippen LogP contribution in [0.5, 0.6) is 0 Å². The number of carbonyl (C=O) groups is 1. The number of hydrogen-bond acceptors (Lipinski definition) is 2. The van der Waals surface area contributed by atoms with Crippen LogP contribution in [0, 0.1) is 0 Å². The Hall–Kier alpha value is -1.38. The number of rotatable bonds is 1. The number of carbonyl (C=O) groups excluding carboxylic acids is 1. The van der Waals surface area contributed by atoms with E-state index >= 15 is 0 Å². The summed E-state index contributed by atoms with van der Waals surface area (Å²) in [7, 11) is 1.91. The Morgan fingerprint density at radius 3 is 2.86 bits per heavy atom. The fourth-order valence-electron chi connectivity index (χ4n) is 1.84. The van der Waals surface area contributed by atoms with Crippen LogP contribution in [0.25, 0.3) is 5.57 Å². The number of aromatic nitrogens is 2. The standard InChI is InChI=1S/C11H14N2O/c1-13-11(6-7-12-13)9-4-2-3-5-10(14)8-9/h6-8H,2-5H2,1H3. The van der Waals surface area contributed by atoms with Gasteiger partial charge in [0.1, 0.15) is 0 Å². The van der Waals surface area contributed by atoms with Crippen molar-refractivity contribution >= 4 is 11.4 Å². The second-order valence-electron chi connectivity index (χ2n) is 3.68. The number of hydrogen-bond donors (Lipinski definition) is 0. The fraction of sp³-hybridized carbons (Fsp3) is 0.455. The zero-order valence-electron chi connectivity index (χ0n) is 8.36. The van der Waals surface area contributed by atoms with Crippen LogP contribution in [0.3, 0.4) is 0 Å². The maximum Gasteiger partial charge on any atom is 0.156 e. The molecule has 0 radical (unpaired) electrons. The van der Waals surface area contributed by atoms with Crippen molar-refractivity contribution in [2.45, 2.75) is 25.7 Å². The molecule has 3 nitrogen and oxygen atoms in total. The van der Waals surface area contributed by atoms with Gasteiger partial charge in [0, 0.05) is 19.7 Å². The smallest absolute Gasteiger partial charge is 0.156 e. The average molecular weight is 190 g/mol. The molecule has 0 aliphatic heterocycles. The molecule has 14 heavy (non-hydrogen) atoms. The predicted molar refractivity (Wildman–Crippen MR) is 54.7 cm³/mol. The Morgan fingerprint density at radius 1 is 1.36 bits per heavy atom. The molecule has 1 aromatic rings. The molecule has 0 spiro atoms. The Balaban J connectivity index is 2.33. The monoisotopic (exact) mass is 190 g/mol. The number of nitrogens with zero attached hydrogens (tertiary/aromatic N) is 2. The minimum atomic E-state index is 0.249. The van der Waals surface area contributed by atoms with Crippen LogP contribution in [0.4, 0.5) is 0 Å². The van der Waals surface area contributed by atoms with Crippen molar-refractivity contribution in [3.05, 3.63) is 24.0 Å². The molecule has 3 heteroatoms. The summed E-state index contributed by atoms with van der Waals surface area (Å²) in [6, 6.07) is 1.96. The Kier molecular flexibility index (Phi) is 2.48. The molecule has 0 saturated heterocycles. The van der Waals surface area contributed by atoms with E-state index in [1.54, 1.807) is 12.3 Å². The molecule has 1 aromatic heterocycles. The van der Waals surface area contributed by atoms with Crippen molar-refractivity contribution in [1.82, 2.24) is 9.78 Å². The summed E-state index contributed by atoms with van der Waals surface area (Å²) in [5.41, 5.74) is 2.20. The quantitative estimate of drug-likeness (QED) is 0.678. The lowest BCUT2D eigenvalue weighted by molar-refractivity contribution is -0.114. The van der Waals surface area contributed by atoms with Gasteiger partial charge in [-0.2, -0.15) is 5.10 Å². The molecule has 0 bridgehead atoms. The second kappa shape index (κ2) is 3.78. The van der Waals surface area contributed by atoms with Gasteiger partial charge in [0.2, 0.25) is 0 Å². The molecule has 2 rings (SSSR count). The first-order valence-corrected chi connectivity index (χ1v) is 4.99. The van der Waals surface area contributed by atoms with E-state index in [0.29, 0.717) is 6.42 Å². The highest BCUT2D eigenvalue weighted by atomic mass is 16.1. The molecule has 74 valence electrons. The second-order valence-corrected chi connectivity index (χ2v) is 3.68. The van der Waals surface area contributed by atoms with Gasteiger partial charge in [-0.25, -0.2) is 0 Å². The van der Waals surface area contributed by atoms with Crippen LogP contribution in [0.15, 0.2) is 18.3 Å². The number of aryl methyl sites for hydroxylation is 1. The number of allylic oxidation sites excluding steroid dienone is 2. The van der Waals surface area contributed by atoms with E-state index in [1.165, 1.54) is 0 Å². The van der Waals surface area contributed by atoms with Crippen molar-refractivity contribution in [2.75, 3.05) is 0 Å². The minimum Gasteiger partial charge on any atom is -0.295 e. The van der Waals surface area contributed by atoms with Gasteiger partial charge >= 0.3 is 0 Å². The molecule has 0 atom stereocenters. The third-order valence-corrected chi connectivity index (χ3v) is 2.60. The Bertz CT molecular complexity index is 376. The van der Waals surface area contributed by atoms with Crippen molar-refractivity contribution in [1.29, 1.82) is 0 Å². The van der Waals surface area contributed by atoms with Gasteiger partial charge in [0.15, 0.2) is 5.78 Å². The maximum atomic E-state index is 11.4. The van der Waals surface area contributed by atoms with Crippen LogP contribution in [-0.2, 0) is 11.8 Å². The lowest BCUT2D eigenvalue weighted by Gasteiger charge is -2.04. The van der Waals surface area contributed by atoms with Gasteiger partial charge in [0.05, 0.1) is 5.69 Å². The van der Waals surface area contributed by atoms with Crippen LogP contribution in [0.1, 0.15) is 31.4 Å². The topological polar surface area (TPSA) is 34.9 Å². The highest BCUT2D eigenvalue weighted by Crippen LogP contribution is 2.23. The predicted octanol–water partition coefficient (Wildman–Crippen LogP) is 1.95. The van der Waals surface area contributed by atoms with E-state index in [2.05, 4.69) is 5.10 Å². The van der Waals surface area contributed by atoms with Crippen molar-refractivity contribution in [3.63, 3.8) is 0 Å². The molecule has 0 fully saturated rings. The summed E-state index contributed by atoms with van der Waals surface area (Å²) >= 11 is 0. The summed E-state index contributed by atoms with van der Waals surface area (Å²) in [4.78, 5) is 11.4. The first-order chi connectivity index (χ1) is 6.77. The normalized spacial score (nSPS) is 17.8. The zero-order valence-corrected chi connectivity index (χ0v) is 8.36. The summed E-state index contributed by atoms with van der Waals surface area (Å²) in [6.07, 6.45) is 7.35. The summed E-state index contributed by atoms with van der Waals surface area (Å²) in [5, 5.41) is 4.11. The Labute approximate surface area is 83.4 Å². The van der Waals surface area contributed by atoms with Crippen LogP contribution >= 0.6 is 0 Å².